The quantitative estimate of drug-likeness (QED) is 0.557. The van der Waals surface area contributed by atoms with Gasteiger partial charge < -0.3 is 0 Å². The minimum absolute atomic E-state index is 0.325. The smallest absolute Gasteiger partial charge is 0.114 e. The number of allylic oxidation sites excluding steroid dienone is 2. The lowest BCUT2D eigenvalue weighted by Gasteiger charge is -2.63. The Balaban J connectivity index is 2.07. The SMILES string of the molecule is CC(C)/C=C1/C(=C/C(C)C)C2(SCCCS2)C12SCCCS2. The highest BCUT2D eigenvalue weighted by Gasteiger charge is 2.68. The number of rotatable bonds is 2. The Labute approximate surface area is 153 Å². The van der Waals surface area contributed by atoms with E-state index in [-0.39, 0.29) is 0 Å². The van der Waals surface area contributed by atoms with Gasteiger partial charge in [0.05, 0.1) is 0 Å². The molecule has 0 nitrogen and oxygen atoms in total. The summed E-state index contributed by atoms with van der Waals surface area (Å²) in [7, 11) is 0. The van der Waals surface area contributed by atoms with E-state index in [1.54, 1.807) is 11.1 Å². The van der Waals surface area contributed by atoms with E-state index in [1.165, 1.54) is 35.9 Å². The molecule has 0 bridgehead atoms. The predicted octanol–water partition coefficient (Wildman–Crippen LogP) is 6.30. The van der Waals surface area contributed by atoms with Crippen LogP contribution in [-0.2, 0) is 0 Å². The van der Waals surface area contributed by atoms with E-state index in [9.17, 15) is 0 Å². The Morgan fingerprint density at radius 3 is 1.27 bits per heavy atom. The largest absolute Gasteiger partial charge is 0.137 e. The Kier molecular flexibility index (Phi) is 5.64. The highest BCUT2D eigenvalue weighted by molar-refractivity contribution is 8.26. The fourth-order valence-corrected chi connectivity index (χ4v) is 11.8. The first kappa shape index (κ1) is 17.7. The van der Waals surface area contributed by atoms with Crippen molar-refractivity contribution in [2.75, 3.05) is 23.0 Å². The molecule has 22 heavy (non-hydrogen) atoms. The molecule has 0 aromatic heterocycles. The van der Waals surface area contributed by atoms with Crippen molar-refractivity contribution in [3.05, 3.63) is 23.3 Å². The molecule has 2 saturated heterocycles. The zero-order chi connectivity index (χ0) is 15.8. The Hall–Kier alpha value is 0.880. The van der Waals surface area contributed by atoms with Gasteiger partial charge in [-0.25, -0.2) is 0 Å². The molecule has 0 atom stereocenters. The maximum absolute atomic E-state index is 2.57. The van der Waals surface area contributed by atoms with Crippen molar-refractivity contribution < 1.29 is 0 Å². The molecule has 3 rings (SSSR count). The first-order valence-electron chi connectivity index (χ1n) is 8.52. The summed E-state index contributed by atoms with van der Waals surface area (Å²) in [5, 5.41) is 0. The van der Waals surface area contributed by atoms with E-state index in [2.05, 4.69) is 86.9 Å². The van der Waals surface area contributed by atoms with Crippen molar-refractivity contribution in [2.45, 2.75) is 48.7 Å². The third-order valence-electron chi connectivity index (χ3n) is 4.23. The fourth-order valence-electron chi connectivity index (χ4n) is 3.47. The molecule has 0 radical (unpaired) electrons. The molecule has 0 unspecified atom stereocenters. The van der Waals surface area contributed by atoms with Gasteiger partial charge in [0.15, 0.2) is 0 Å². The normalized spacial score (nSPS) is 30.6. The van der Waals surface area contributed by atoms with E-state index in [0.717, 1.165) is 0 Å². The zero-order valence-corrected chi connectivity index (χ0v) is 17.5. The van der Waals surface area contributed by atoms with Crippen LogP contribution in [0.4, 0.5) is 0 Å². The van der Waals surface area contributed by atoms with Crippen molar-refractivity contribution in [3.63, 3.8) is 0 Å². The summed E-state index contributed by atoms with van der Waals surface area (Å²) in [5.41, 5.74) is 3.35. The van der Waals surface area contributed by atoms with Gasteiger partial charge in [0.1, 0.15) is 8.16 Å². The number of fused-ring (bicyclic) bond motifs is 1. The molecule has 2 aliphatic heterocycles. The molecule has 2 heterocycles. The number of hydrogen-bond donors (Lipinski definition) is 0. The fraction of sp³-hybridized carbons (Fsp3) is 0.778. The second-order valence-electron chi connectivity index (χ2n) is 6.98. The van der Waals surface area contributed by atoms with Crippen LogP contribution < -0.4 is 0 Å². The molecule has 1 saturated carbocycles. The molecule has 0 amide bonds. The number of thioether (sulfide) groups is 4. The summed E-state index contributed by atoms with van der Waals surface area (Å²) < 4.78 is 0.651. The zero-order valence-electron chi connectivity index (χ0n) is 14.2. The van der Waals surface area contributed by atoms with Gasteiger partial charge in [0.2, 0.25) is 0 Å². The molecular weight excluding hydrogens is 344 g/mol. The molecular formula is C18H28S4. The Morgan fingerprint density at radius 1 is 0.682 bits per heavy atom. The summed E-state index contributed by atoms with van der Waals surface area (Å²) in [4.78, 5) is 0. The summed E-state index contributed by atoms with van der Waals surface area (Å²) in [6.07, 6.45) is 7.89. The lowest BCUT2D eigenvalue weighted by Crippen LogP contribution is -2.61. The molecule has 0 aromatic rings. The third kappa shape index (κ3) is 2.84. The number of hydrogen-bond acceptors (Lipinski definition) is 4. The van der Waals surface area contributed by atoms with Crippen molar-refractivity contribution in [1.82, 2.24) is 0 Å². The highest BCUT2D eigenvalue weighted by atomic mass is 32.2. The lowest BCUT2D eigenvalue weighted by atomic mass is 9.79. The Bertz CT molecular complexity index is 419. The van der Waals surface area contributed by atoms with Crippen LogP contribution in [0.1, 0.15) is 40.5 Å². The van der Waals surface area contributed by atoms with Crippen LogP contribution in [-0.4, -0.2) is 31.2 Å². The summed E-state index contributed by atoms with van der Waals surface area (Å²) in [5.74, 6) is 6.61. The summed E-state index contributed by atoms with van der Waals surface area (Å²) in [6, 6.07) is 0. The first-order valence-corrected chi connectivity index (χ1v) is 12.5. The van der Waals surface area contributed by atoms with Crippen molar-refractivity contribution >= 4 is 47.0 Å². The minimum atomic E-state index is 0.325. The molecule has 1 aliphatic carbocycles. The predicted molar refractivity (Wildman–Crippen MR) is 110 cm³/mol. The molecule has 124 valence electrons. The average Bonchev–Trinajstić information content (AvgIpc) is 2.52. The van der Waals surface area contributed by atoms with Gasteiger partial charge in [0, 0.05) is 0 Å². The summed E-state index contributed by atoms with van der Waals surface area (Å²) in [6.45, 7) is 9.33. The first-order chi connectivity index (χ1) is 10.5. The van der Waals surface area contributed by atoms with E-state index < -0.39 is 0 Å². The average molecular weight is 373 g/mol. The van der Waals surface area contributed by atoms with Gasteiger partial charge in [-0.15, -0.1) is 47.0 Å². The molecule has 3 fully saturated rings. The second-order valence-corrected chi connectivity index (χ2v) is 12.7. The van der Waals surface area contributed by atoms with Gasteiger partial charge in [-0.3, -0.25) is 0 Å². The molecule has 3 aliphatic rings. The van der Waals surface area contributed by atoms with Crippen molar-refractivity contribution in [3.8, 4) is 0 Å². The van der Waals surface area contributed by atoms with Gasteiger partial charge in [0.25, 0.3) is 0 Å². The van der Waals surface area contributed by atoms with Crippen LogP contribution in [0.2, 0.25) is 0 Å². The van der Waals surface area contributed by atoms with Crippen LogP contribution in [0.15, 0.2) is 23.3 Å². The monoisotopic (exact) mass is 372 g/mol. The molecule has 0 N–H and O–H groups in total. The second kappa shape index (κ2) is 7.01. The van der Waals surface area contributed by atoms with E-state index in [1.807, 2.05) is 0 Å². The van der Waals surface area contributed by atoms with Gasteiger partial charge in [-0.05, 0) is 58.8 Å². The summed E-state index contributed by atoms with van der Waals surface area (Å²) >= 11 is 9.00. The van der Waals surface area contributed by atoms with Crippen LogP contribution in [0.25, 0.3) is 0 Å². The van der Waals surface area contributed by atoms with Crippen molar-refractivity contribution in [2.24, 2.45) is 11.8 Å². The molecule has 2 spiro atoms. The standard InChI is InChI=1S/C18H28S4/c1-13(2)11-15-16(12-14(3)4)18(21-9-6-10-22-18)17(15)19-7-5-8-20-17/h11-14H,5-10H2,1-4H3/b15-11-,16-12-. The van der Waals surface area contributed by atoms with Crippen molar-refractivity contribution in [1.29, 1.82) is 0 Å². The van der Waals surface area contributed by atoms with E-state index in [4.69, 9.17) is 0 Å². The molecule has 0 aromatic carbocycles. The molecule has 4 heteroatoms. The van der Waals surface area contributed by atoms with Crippen LogP contribution >= 0.6 is 47.0 Å². The maximum atomic E-state index is 2.57. The Morgan fingerprint density at radius 2 is 1.00 bits per heavy atom. The van der Waals surface area contributed by atoms with Gasteiger partial charge in [-0.2, -0.15) is 0 Å². The maximum Gasteiger partial charge on any atom is 0.114 e. The van der Waals surface area contributed by atoms with Gasteiger partial charge in [-0.1, -0.05) is 39.8 Å². The van der Waals surface area contributed by atoms with Crippen LogP contribution in [0.5, 0.6) is 0 Å². The highest BCUT2D eigenvalue weighted by Crippen LogP contribution is 2.76. The topological polar surface area (TPSA) is 0 Å². The van der Waals surface area contributed by atoms with E-state index >= 15 is 0 Å². The lowest BCUT2D eigenvalue weighted by molar-refractivity contribution is 0.691. The third-order valence-corrected chi connectivity index (χ3v) is 11.9. The minimum Gasteiger partial charge on any atom is -0.137 e. The van der Waals surface area contributed by atoms with Crippen LogP contribution in [0.3, 0.4) is 0 Å². The van der Waals surface area contributed by atoms with Gasteiger partial charge >= 0.3 is 0 Å². The van der Waals surface area contributed by atoms with E-state index in [0.29, 0.717) is 20.0 Å². The van der Waals surface area contributed by atoms with Crippen LogP contribution in [0, 0.1) is 11.8 Å².